The molecular weight excluding hydrogens is 364 g/mol. The van der Waals surface area contributed by atoms with Gasteiger partial charge in [0.15, 0.2) is 0 Å². The first-order chi connectivity index (χ1) is 12.0. The molecule has 2 aliphatic rings. The van der Waals surface area contributed by atoms with E-state index in [0.717, 1.165) is 38.1 Å². The molecule has 1 unspecified atom stereocenters. The number of halogens is 1. The van der Waals surface area contributed by atoms with Crippen LogP contribution in [0.4, 0.5) is 0 Å². The third kappa shape index (κ3) is 5.18. The van der Waals surface area contributed by atoms with Crippen LogP contribution in [0.5, 0.6) is 5.75 Å². The van der Waals surface area contributed by atoms with E-state index in [-0.39, 0.29) is 4.90 Å². The first kappa shape index (κ1) is 18.7. The summed E-state index contributed by atoms with van der Waals surface area (Å²) >= 11 is 6.01. The molecule has 6 nitrogen and oxygen atoms in total. The van der Waals surface area contributed by atoms with Gasteiger partial charge < -0.3 is 14.8 Å². The number of rotatable bonds is 7. The lowest BCUT2D eigenvalue weighted by Gasteiger charge is -2.17. The fraction of sp³-hybridized carbons (Fsp3) is 0.529. The average molecular weight is 387 g/mol. The maximum atomic E-state index is 12.7. The minimum Gasteiger partial charge on any atom is -0.492 e. The zero-order valence-electron chi connectivity index (χ0n) is 14.0. The van der Waals surface area contributed by atoms with E-state index in [2.05, 4.69) is 10.0 Å². The minimum atomic E-state index is -3.71. The molecule has 1 fully saturated rings. The molecule has 1 saturated heterocycles. The van der Waals surface area contributed by atoms with Crippen LogP contribution in [-0.2, 0) is 14.8 Å². The minimum absolute atomic E-state index is 0.0773. The van der Waals surface area contributed by atoms with Gasteiger partial charge in [-0.3, -0.25) is 0 Å². The van der Waals surface area contributed by atoms with Crippen LogP contribution in [0.2, 0.25) is 5.02 Å². The third-order valence-corrected chi connectivity index (χ3v) is 6.00. The molecule has 0 amide bonds. The molecule has 25 heavy (non-hydrogen) atoms. The van der Waals surface area contributed by atoms with Gasteiger partial charge in [0.25, 0.3) is 0 Å². The Morgan fingerprint density at radius 2 is 2.28 bits per heavy atom. The zero-order valence-corrected chi connectivity index (χ0v) is 15.5. The normalized spacial score (nSPS) is 21.2. The van der Waals surface area contributed by atoms with Crippen LogP contribution in [0.15, 0.2) is 34.7 Å². The number of nitrogens with one attached hydrogen (secondary N) is 2. The Labute approximate surface area is 153 Å². The van der Waals surface area contributed by atoms with Gasteiger partial charge in [-0.15, -0.1) is 0 Å². The summed E-state index contributed by atoms with van der Waals surface area (Å²) in [5, 5.41) is 3.56. The van der Waals surface area contributed by atoms with Crippen LogP contribution in [0.25, 0.3) is 0 Å². The molecule has 2 N–H and O–H groups in total. The average Bonchev–Trinajstić information content (AvgIpc) is 3.13. The molecule has 2 heterocycles. The molecule has 0 aromatic heterocycles. The van der Waals surface area contributed by atoms with Gasteiger partial charge in [0.05, 0.1) is 13.2 Å². The molecule has 2 aliphatic heterocycles. The molecule has 1 atom stereocenters. The number of hydrogen-bond donors (Lipinski definition) is 2. The van der Waals surface area contributed by atoms with Gasteiger partial charge in [0.1, 0.15) is 10.6 Å². The summed E-state index contributed by atoms with van der Waals surface area (Å²) < 4.78 is 39.2. The first-order valence-corrected chi connectivity index (χ1v) is 10.3. The molecule has 138 valence electrons. The third-order valence-electron chi connectivity index (χ3n) is 4.34. The van der Waals surface area contributed by atoms with Crippen molar-refractivity contribution >= 4 is 21.6 Å². The largest absolute Gasteiger partial charge is 0.492 e. The summed E-state index contributed by atoms with van der Waals surface area (Å²) in [7, 11) is -3.71. The van der Waals surface area contributed by atoms with Crippen molar-refractivity contribution in [2.24, 2.45) is 5.92 Å². The Hall–Kier alpha value is -1.12. The van der Waals surface area contributed by atoms with Crippen molar-refractivity contribution in [3.8, 4) is 5.75 Å². The first-order valence-electron chi connectivity index (χ1n) is 8.43. The van der Waals surface area contributed by atoms with E-state index in [9.17, 15) is 8.42 Å². The lowest BCUT2D eigenvalue weighted by Crippen LogP contribution is -2.30. The monoisotopic (exact) mass is 386 g/mol. The summed E-state index contributed by atoms with van der Waals surface area (Å²) in [6, 6.07) is 4.67. The van der Waals surface area contributed by atoms with Crippen molar-refractivity contribution < 1.29 is 17.9 Å². The lowest BCUT2D eigenvalue weighted by molar-refractivity contribution is 0.166. The Morgan fingerprint density at radius 3 is 3.00 bits per heavy atom. The molecule has 0 bridgehead atoms. The highest BCUT2D eigenvalue weighted by molar-refractivity contribution is 7.89. The molecule has 1 aromatic rings. The molecule has 3 rings (SSSR count). The van der Waals surface area contributed by atoms with Gasteiger partial charge in [0.2, 0.25) is 10.0 Å². The van der Waals surface area contributed by atoms with Crippen LogP contribution < -0.4 is 14.8 Å². The van der Waals surface area contributed by atoms with Gasteiger partial charge in [-0.1, -0.05) is 23.3 Å². The second-order valence-electron chi connectivity index (χ2n) is 6.27. The lowest BCUT2D eigenvalue weighted by atomic mass is 10.1. The summed E-state index contributed by atoms with van der Waals surface area (Å²) in [5.41, 5.74) is 1.08. The topological polar surface area (TPSA) is 76.7 Å². The second kappa shape index (κ2) is 8.51. The van der Waals surface area contributed by atoms with E-state index in [1.54, 1.807) is 12.1 Å². The van der Waals surface area contributed by atoms with Crippen molar-refractivity contribution in [1.82, 2.24) is 10.0 Å². The fourth-order valence-electron chi connectivity index (χ4n) is 2.83. The molecular formula is C17H23ClN2O4S. The van der Waals surface area contributed by atoms with Crippen LogP contribution >= 0.6 is 11.6 Å². The Bertz CT molecular complexity index is 730. The van der Waals surface area contributed by atoms with Crippen molar-refractivity contribution in [1.29, 1.82) is 0 Å². The van der Waals surface area contributed by atoms with Gasteiger partial charge in [-0.2, -0.15) is 0 Å². The highest BCUT2D eigenvalue weighted by atomic mass is 35.5. The fourth-order valence-corrected chi connectivity index (χ4v) is 4.27. The van der Waals surface area contributed by atoms with Crippen molar-refractivity contribution in [3.05, 3.63) is 34.9 Å². The second-order valence-corrected chi connectivity index (χ2v) is 8.44. The van der Waals surface area contributed by atoms with E-state index < -0.39 is 10.0 Å². The zero-order chi connectivity index (χ0) is 17.7. The summed E-state index contributed by atoms with van der Waals surface area (Å²) in [4.78, 5) is 0.0773. The van der Waals surface area contributed by atoms with Gasteiger partial charge in [-0.05, 0) is 37.6 Å². The van der Waals surface area contributed by atoms with E-state index in [0.29, 0.717) is 36.4 Å². The molecule has 8 heteroatoms. The van der Waals surface area contributed by atoms with Crippen molar-refractivity contribution in [2.45, 2.75) is 17.7 Å². The van der Waals surface area contributed by atoms with Crippen molar-refractivity contribution in [3.63, 3.8) is 0 Å². The molecule has 0 spiro atoms. The van der Waals surface area contributed by atoms with E-state index in [1.165, 1.54) is 6.07 Å². The van der Waals surface area contributed by atoms with Crippen LogP contribution in [-0.4, -0.2) is 47.9 Å². The van der Waals surface area contributed by atoms with E-state index >= 15 is 0 Å². The molecule has 0 aliphatic carbocycles. The Balaban J connectivity index is 1.71. The standard InChI is InChI=1S/C17H23ClN2O4S/c18-15-1-2-16(24-12-14-5-8-23-11-14)17(9-15)25(21,22)20-10-13-3-6-19-7-4-13/h1-3,9,14,19-20H,4-8,10-12H2. The summed E-state index contributed by atoms with van der Waals surface area (Å²) in [6.07, 6.45) is 3.78. The number of hydrogen-bond acceptors (Lipinski definition) is 5. The molecule has 0 saturated carbocycles. The molecule has 0 radical (unpaired) electrons. The highest BCUT2D eigenvalue weighted by Crippen LogP contribution is 2.28. The molecule has 1 aromatic carbocycles. The predicted molar refractivity (Wildman–Crippen MR) is 96.6 cm³/mol. The highest BCUT2D eigenvalue weighted by Gasteiger charge is 2.23. The van der Waals surface area contributed by atoms with Gasteiger partial charge >= 0.3 is 0 Å². The quantitative estimate of drug-likeness (QED) is 0.700. The van der Waals surface area contributed by atoms with E-state index in [1.807, 2.05) is 6.08 Å². The number of benzene rings is 1. The van der Waals surface area contributed by atoms with Gasteiger partial charge in [-0.25, -0.2) is 13.1 Å². The number of sulfonamides is 1. The summed E-state index contributed by atoms with van der Waals surface area (Å²) in [6.45, 7) is 3.74. The maximum Gasteiger partial charge on any atom is 0.244 e. The van der Waals surface area contributed by atoms with Crippen LogP contribution in [0.1, 0.15) is 12.8 Å². The summed E-state index contributed by atoms with van der Waals surface area (Å²) in [5.74, 6) is 0.613. The van der Waals surface area contributed by atoms with E-state index in [4.69, 9.17) is 21.1 Å². The number of ether oxygens (including phenoxy) is 2. The maximum absolute atomic E-state index is 12.7. The smallest absolute Gasteiger partial charge is 0.244 e. The predicted octanol–water partition coefficient (Wildman–Crippen LogP) is 1.95. The Morgan fingerprint density at radius 1 is 1.40 bits per heavy atom. The Kier molecular flexibility index (Phi) is 6.35. The van der Waals surface area contributed by atoms with Crippen LogP contribution in [0.3, 0.4) is 0 Å². The van der Waals surface area contributed by atoms with Gasteiger partial charge in [0, 0.05) is 30.6 Å². The van der Waals surface area contributed by atoms with Crippen LogP contribution in [0, 0.1) is 5.92 Å². The van der Waals surface area contributed by atoms with Crippen molar-refractivity contribution in [2.75, 3.05) is 39.5 Å². The SMILES string of the molecule is O=S(=O)(NCC1=CCNCC1)c1cc(Cl)ccc1OCC1CCOC1.